The minimum atomic E-state index is -3.50. The molecule has 0 aromatic heterocycles. The lowest BCUT2D eigenvalue weighted by Crippen LogP contribution is -2.41. The largest absolute Gasteiger partial charge is 0.274 e. The molecule has 0 unspecified atom stereocenters. The van der Waals surface area contributed by atoms with Gasteiger partial charge in [-0.2, -0.15) is 13.1 Å². The number of nitrogens with one attached hydrogen (secondary N) is 1. The van der Waals surface area contributed by atoms with E-state index >= 15 is 0 Å². The fraction of sp³-hybridized carbons (Fsp3) is 1.00. The van der Waals surface area contributed by atoms with Gasteiger partial charge in [0, 0.05) is 6.04 Å². The van der Waals surface area contributed by atoms with Crippen LogP contribution in [-0.4, -0.2) is 14.5 Å². The molecule has 1 fully saturated rings. The number of hydrogen-bond donors (Lipinski definition) is 2. The van der Waals surface area contributed by atoms with E-state index in [2.05, 4.69) is 11.6 Å². The first-order valence-corrected chi connectivity index (χ1v) is 6.36. The van der Waals surface area contributed by atoms with E-state index in [9.17, 15) is 8.42 Å². The van der Waals surface area contributed by atoms with Gasteiger partial charge < -0.3 is 0 Å². The molecule has 0 amide bonds. The molecule has 0 aromatic rings. The first-order valence-electron chi connectivity index (χ1n) is 4.81. The Morgan fingerprint density at radius 3 is 2.23 bits per heavy atom. The van der Waals surface area contributed by atoms with E-state index in [0.717, 1.165) is 31.6 Å². The number of nitrogens with two attached hydrogens (primary N) is 1. The van der Waals surface area contributed by atoms with Gasteiger partial charge >= 0.3 is 0 Å². The van der Waals surface area contributed by atoms with Crippen LogP contribution in [0.4, 0.5) is 0 Å². The predicted octanol–water partition coefficient (Wildman–Crippen LogP) is 0.748. The lowest BCUT2D eigenvalue weighted by molar-refractivity contribution is 0.306. The van der Waals surface area contributed by atoms with Gasteiger partial charge in [0.15, 0.2) is 0 Å². The Labute approximate surface area is 80.1 Å². The van der Waals surface area contributed by atoms with Crippen LogP contribution >= 0.6 is 0 Å². The molecule has 1 aliphatic carbocycles. The fourth-order valence-corrected chi connectivity index (χ4v) is 2.62. The number of rotatable bonds is 3. The maximum Gasteiger partial charge on any atom is 0.274 e. The van der Waals surface area contributed by atoms with E-state index in [4.69, 9.17) is 5.14 Å². The van der Waals surface area contributed by atoms with Crippen molar-refractivity contribution in [3.8, 4) is 0 Å². The van der Waals surface area contributed by atoms with Crippen LogP contribution in [0.1, 0.15) is 39.0 Å². The summed E-state index contributed by atoms with van der Waals surface area (Å²) in [5, 5.41) is 4.89. The third-order valence-corrected chi connectivity index (χ3v) is 3.42. The fourth-order valence-electron chi connectivity index (χ4n) is 1.92. The standard InChI is InChI=1S/C8H18N2O2S/c1-2-7-3-5-8(6-4-7)10-13(9,11)12/h7-8,10H,2-6H2,1H3,(H2,9,11,12). The van der Waals surface area contributed by atoms with E-state index in [0.29, 0.717) is 0 Å². The summed E-state index contributed by atoms with van der Waals surface area (Å²) in [7, 11) is -3.50. The molecule has 78 valence electrons. The van der Waals surface area contributed by atoms with Gasteiger partial charge in [-0.1, -0.05) is 13.3 Å². The second-order valence-corrected chi connectivity index (χ2v) is 5.11. The summed E-state index contributed by atoms with van der Waals surface area (Å²) in [4.78, 5) is 0. The van der Waals surface area contributed by atoms with Crippen LogP contribution in [0.25, 0.3) is 0 Å². The smallest absolute Gasteiger partial charge is 0.216 e. The molecule has 0 aromatic carbocycles. The molecule has 0 heterocycles. The molecule has 0 atom stereocenters. The number of hydrogen-bond acceptors (Lipinski definition) is 2. The topological polar surface area (TPSA) is 72.2 Å². The molecule has 1 aliphatic rings. The van der Waals surface area contributed by atoms with Gasteiger partial charge in [0.05, 0.1) is 0 Å². The summed E-state index contributed by atoms with van der Waals surface area (Å²) >= 11 is 0. The molecule has 5 heteroatoms. The van der Waals surface area contributed by atoms with Crippen LogP contribution in [0.2, 0.25) is 0 Å². The molecule has 1 rings (SSSR count). The van der Waals surface area contributed by atoms with Gasteiger partial charge in [0.2, 0.25) is 0 Å². The Bertz CT molecular complexity index is 243. The van der Waals surface area contributed by atoms with Gasteiger partial charge in [-0.05, 0) is 31.6 Å². The molecule has 0 saturated heterocycles. The highest BCUT2D eigenvalue weighted by atomic mass is 32.2. The van der Waals surface area contributed by atoms with Crippen molar-refractivity contribution in [2.45, 2.75) is 45.1 Å². The van der Waals surface area contributed by atoms with Crippen molar-refractivity contribution < 1.29 is 8.42 Å². The van der Waals surface area contributed by atoms with Crippen molar-refractivity contribution in [1.29, 1.82) is 0 Å². The van der Waals surface area contributed by atoms with Crippen molar-refractivity contribution in [1.82, 2.24) is 4.72 Å². The van der Waals surface area contributed by atoms with E-state index in [-0.39, 0.29) is 6.04 Å². The molecule has 1 saturated carbocycles. The van der Waals surface area contributed by atoms with Crippen molar-refractivity contribution in [2.75, 3.05) is 0 Å². The zero-order valence-corrected chi connectivity index (χ0v) is 8.81. The third kappa shape index (κ3) is 4.06. The Morgan fingerprint density at radius 1 is 1.31 bits per heavy atom. The highest BCUT2D eigenvalue weighted by molar-refractivity contribution is 7.87. The van der Waals surface area contributed by atoms with Gasteiger partial charge in [-0.15, -0.1) is 0 Å². The van der Waals surface area contributed by atoms with Crippen LogP contribution in [0.5, 0.6) is 0 Å². The van der Waals surface area contributed by atoms with Gasteiger partial charge in [-0.25, -0.2) is 5.14 Å². The highest BCUT2D eigenvalue weighted by Gasteiger charge is 2.21. The van der Waals surface area contributed by atoms with Gasteiger partial charge in [0.1, 0.15) is 0 Å². The van der Waals surface area contributed by atoms with Crippen molar-refractivity contribution in [3.63, 3.8) is 0 Å². The minimum Gasteiger partial charge on any atom is -0.216 e. The quantitative estimate of drug-likeness (QED) is 0.715. The molecule has 0 spiro atoms. The van der Waals surface area contributed by atoms with Crippen LogP contribution in [-0.2, 0) is 10.2 Å². The second kappa shape index (κ2) is 4.39. The van der Waals surface area contributed by atoms with E-state index < -0.39 is 10.2 Å². The van der Waals surface area contributed by atoms with Crippen molar-refractivity contribution in [2.24, 2.45) is 11.1 Å². The molecule has 0 bridgehead atoms. The highest BCUT2D eigenvalue weighted by Crippen LogP contribution is 2.26. The van der Waals surface area contributed by atoms with Gasteiger partial charge in [0.25, 0.3) is 10.2 Å². The summed E-state index contributed by atoms with van der Waals surface area (Å²) in [6.45, 7) is 2.18. The van der Waals surface area contributed by atoms with E-state index in [1.807, 2.05) is 0 Å². The first-order chi connectivity index (χ1) is 6.01. The SMILES string of the molecule is CCC1CCC(NS(N)(=O)=O)CC1. The lowest BCUT2D eigenvalue weighted by Gasteiger charge is -2.27. The molecular formula is C8H18N2O2S. The molecular weight excluding hydrogens is 188 g/mol. The Balaban J connectivity index is 2.33. The summed E-state index contributed by atoms with van der Waals surface area (Å²) < 4.78 is 23.9. The van der Waals surface area contributed by atoms with Crippen LogP contribution in [0.3, 0.4) is 0 Å². The average molecular weight is 206 g/mol. The van der Waals surface area contributed by atoms with Crippen molar-refractivity contribution in [3.05, 3.63) is 0 Å². The van der Waals surface area contributed by atoms with Gasteiger partial charge in [-0.3, -0.25) is 0 Å². The monoisotopic (exact) mass is 206 g/mol. The molecule has 0 radical (unpaired) electrons. The lowest BCUT2D eigenvalue weighted by atomic mass is 9.85. The van der Waals surface area contributed by atoms with Crippen LogP contribution in [0.15, 0.2) is 0 Å². The summed E-state index contributed by atoms with van der Waals surface area (Å²) in [6, 6.07) is 0.0674. The predicted molar refractivity (Wildman–Crippen MR) is 52.3 cm³/mol. The third-order valence-electron chi connectivity index (χ3n) is 2.76. The molecule has 4 nitrogen and oxygen atoms in total. The van der Waals surface area contributed by atoms with Crippen LogP contribution in [0, 0.1) is 5.92 Å². The maximum absolute atomic E-state index is 10.7. The van der Waals surface area contributed by atoms with Crippen LogP contribution < -0.4 is 9.86 Å². The molecule has 3 N–H and O–H groups in total. The Hall–Kier alpha value is -0.130. The van der Waals surface area contributed by atoms with Crippen molar-refractivity contribution >= 4 is 10.2 Å². The Morgan fingerprint density at radius 2 is 1.85 bits per heavy atom. The zero-order chi connectivity index (χ0) is 9.90. The maximum atomic E-state index is 10.7. The summed E-state index contributed by atoms with van der Waals surface area (Å²) in [5.74, 6) is 0.776. The van der Waals surface area contributed by atoms with E-state index in [1.165, 1.54) is 6.42 Å². The Kier molecular flexibility index (Phi) is 3.70. The average Bonchev–Trinajstić information content (AvgIpc) is 2.03. The normalized spacial score (nSPS) is 30.3. The minimum absolute atomic E-state index is 0.0674. The summed E-state index contributed by atoms with van der Waals surface area (Å²) in [6.07, 6.45) is 5.28. The molecule has 13 heavy (non-hydrogen) atoms. The first kappa shape index (κ1) is 10.9. The molecule has 0 aliphatic heterocycles. The van der Waals surface area contributed by atoms with E-state index in [1.54, 1.807) is 0 Å². The zero-order valence-electron chi connectivity index (χ0n) is 7.99. The summed E-state index contributed by atoms with van der Waals surface area (Å²) in [5.41, 5.74) is 0. The second-order valence-electron chi connectivity index (χ2n) is 3.79.